The number of amides is 1. The normalized spacial score (nSPS) is 15.5. The second kappa shape index (κ2) is 6.99. The van der Waals surface area contributed by atoms with Crippen LogP contribution >= 0.6 is 23.2 Å². The van der Waals surface area contributed by atoms with Gasteiger partial charge in [-0.15, -0.1) is 0 Å². The molecule has 1 aliphatic rings. The fraction of sp³-hybridized carbons (Fsp3) is 0.312. The number of carbonyl (C=O) groups excluding carboxylic acids is 1. The zero-order valence-electron chi connectivity index (χ0n) is 13.5. The Hall–Kier alpha value is -1.54. The van der Waals surface area contributed by atoms with Crippen LogP contribution in [0, 0.1) is 0 Å². The number of hydrogen-bond donors (Lipinski definition) is 1. The van der Waals surface area contributed by atoms with Crippen molar-refractivity contribution in [1.29, 1.82) is 0 Å². The van der Waals surface area contributed by atoms with E-state index in [0.717, 1.165) is 12.8 Å². The summed E-state index contributed by atoms with van der Waals surface area (Å²) >= 11 is 12.0. The van der Waals surface area contributed by atoms with E-state index in [4.69, 9.17) is 23.2 Å². The molecule has 134 valence electrons. The van der Waals surface area contributed by atoms with Gasteiger partial charge in [0.25, 0.3) is 5.91 Å². The molecule has 1 aromatic heterocycles. The summed E-state index contributed by atoms with van der Waals surface area (Å²) in [7, 11) is -1.95. The molecule has 0 radical (unpaired) electrons. The summed E-state index contributed by atoms with van der Waals surface area (Å²) < 4.78 is 28.2. The van der Waals surface area contributed by atoms with Gasteiger partial charge in [-0.25, -0.2) is 8.42 Å². The number of aromatic nitrogens is 1. The quantitative estimate of drug-likeness (QED) is 0.853. The maximum Gasteiger partial charge on any atom is 0.272 e. The van der Waals surface area contributed by atoms with Gasteiger partial charge in [0.1, 0.15) is 10.6 Å². The van der Waals surface area contributed by atoms with Gasteiger partial charge in [-0.05, 0) is 37.1 Å². The molecule has 1 saturated heterocycles. The molecule has 1 fully saturated rings. The maximum atomic E-state index is 12.6. The number of aryl methyl sites for hydroxylation is 1. The lowest BCUT2D eigenvalue weighted by Gasteiger charge is -2.13. The Morgan fingerprint density at radius 2 is 1.84 bits per heavy atom. The third-order valence-electron chi connectivity index (χ3n) is 4.09. The van der Waals surface area contributed by atoms with Crippen LogP contribution < -0.4 is 5.32 Å². The van der Waals surface area contributed by atoms with Crippen molar-refractivity contribution in [3.8, 4) is 0 Å². The molecule has 2 aromatic rings. The molecule has 3 rings (SSSR count). The van der Waals surface area contributed by atoms with Crippen LogP contribution in [0.4, 0.5) is 5.69 Å². The first-order valence-electron chi connectivity index (χ1n) is 7.72. The summed E-state index contributed by atoms with van der Waals surface area (Å²) in [5.41, 5.74) is 0.582. The van der Waals surface area contributed by atoms with Crippen molar-refractivity contribution in [3.05, 3.63) is 46.2 Å². The van der Waals surface area contributed by atoms with Gasteiger partial charge < -0.3 is 9.88 Å². The number of nitrogens with one attached hydrogen (secondary N) is 1. The minimum absolute atomic E-state index is 0.110. The van der Waals surface area contributed by atoms with Crippen LogP contribution in [0.2, 0.25) is 10.0 Å². The summed E-state index contributed by atoms with van der Waals surface area (Å²) in [5, 5.41) is 3.44. The van der Waals surface area contributed by atoms with Crippen LogP contribution in [0.3, 0.4) is 0 Å². The number of carbonyl (C=O) groups is 1. The predicted octanol–water partition coefficient (Wildman–Crippen LogP) is 3.37. The Morgan fingerprint density at radius 1 is 1.16 bits per heavy atom. The topological polar surface area (TPSA) is 71.4 Å². The van der Waals surface area contributed by atoms with Gasteiger partial charge in [-0.3, -0.25) is 4.79 Å². The fourth-order valence-corrected chi connectivity index (χ4v) is 4.68. The van der Waals surface area contributed by atoms with E-state index in [0.29, 0.717) is 28.8 Å². The first kappa shape index (κ1) is 18.3. The van der Waals surface area contributed by atoms with Gasteiger partial charge in [-0.1, -0.05) is 23.2 Å². The van der Waals surface area contributed by atoms with Gasteiger partial charge in [0.05, 0.1) is 10.7 Å². The lowest BCUT2D eigenvalue weighted by Crippen LogP contribution is -2.27. The molecular weight excluding hydrogens is 385 g/mol. The molecule has 1 aromatic carbocycles. The molecule has 0 bridgehead atoms. The number of anilines is 1. The first-order valence-corrected chi connectivity index (χ1v) is 9.91. The molecule has 0 atom stereocenters. The Balaban J connectivity index is 1.87. The van der Waals surface area contributed by atoms with E-state index in [2.05, 4.69) is 5.32 Å². The Kier molecular flexibility index (Phi) is 5.11. The smallest absolute Gasteiger partial charge is 0.272 e. The number of halogens is 2. The lowest BCUT2D eigenvalue weighted by molar-refractivity contribution is 0.101. The van der Waals surface area contributed by atoms with E-state index in [1.165, 1.54) is 27.2 Å². The van der Waals surface area contributed by atoms with Crippen molar-refractivity contribution in [2.45, 2.75) is 17.7 Å². The van der Waals surface area contributed by atoms with Crippen molar-refractivity contribution in [3.63, 3.8) is 0 Å². The minimum Gasteiger partial charge on any atom is -0.345 e. The highest BCUT2D eigenvalue weighted by molar-refractivity contribution is 7.89. The van der Waals surface area contributed by atoms with E-state index >= 15 is 0 Å². The molecule has 9 heteroatoms. The second-order valence-corrected chi connectivity index (χ2v) is 8.64. The highest BCUT2D eigenvalue weighted by Crippen LogP contribution is 2.27. The molecule has 1 amide bonds. The second-order valence-electron chi connectivity index (χ2n) is 5.86. The lowest BCUT2D eigenvalue weighted by atomic mass is 10.3. The van der Waals surface area contributed by atoms with E-state index < -0.39 is 15.9 Å². The summed E-state index contributed by atoms with van der Waals surface area (Å²) in [5.74, 6) is -0.463. The molecule has 1 aliphatic heterocycles. The minimum atomic E-state index is -3.58. The third-order valence-corrected chi connectivity index (χ3v) is 6.52. The van der Waals surface area contributed by atoms with Crippen LogP contribution in [-0.4, -0.2) is 36.3 Å². The van der Waals surface area contributed by atoms with Crippen LogP contribution in [0.15, 0.2) is 35.4 Å². The number of sulfonamides is 1. The number of rotatable bonds is 4. The maximum absolute atomic E-state index is 12.6. The SMILES string of the molecule is Cn1cc(S(=O)(=O)N2CCCC2)cc1C(=O)Nc1cc(Cl)ccc1Cl. The molecule has 0 unspecified atom stereocenters. The average molecular weight is 402 g/mol. The van der Waals surface area contributed by atoms with Crippen molar-refractivity contribution >= 4 is 44.8 Å². The molecule has 0 spiro atoms. The van der Waals surface area contributed by atoms with Crippen molar-refractivity contribution in [1.82, 2.24) is 8.87 Å². The molecule has 0 aliphatic carbocycles. The number of nitrogens with zero attached hydrogens (tertiary/aromatic N) is 2. The van der Waals surface area contributed by atoms with E-state index in [-0.39, 0.29) is 10.6 Å². The molecule has 2 heterocycles. The third kappa shape index (κ3) is 3.69. The predicted molar refractivity (Wildman–Crippen MR) is 97.8 cm³/mol. The summed E-state index contributed by atoms with van der Waals surface area (Å²) in [4.78, 5) is 12.6. The molecule has 0 saturated carbocycles. The van der Waals surface area contributed by atoms with E-state index in [1.54, 1.807) is 19.2 Å². The average Bonchev–Trinajstić information content (AvgIpc) is 3.21. The van der Waals surface area contributed by atoms with Crippen LogP contribution in [0.5, 0.6) is 0 Å². The fourth-order valence-electron chi connectivity index (χ4n) is 2.76. The van der Waals surface area contributed by atoms with Crippen LogP contribution in [-0.2, 0) is 17.1 Å². The summed E-state index contributed by atoms with van der Waals surface area (Å²) in [6.45, 7) is 1.02. The Bertz CT molecular complexity index is 919. The molecule has 25 heavy (non-hydrogen) atoms. The first-order chi connectivity index (χ1) is 11.8. The zero-order chi connectivity index (χ0) is 18.2. The Labute approximate surface area is 156 Å². The standard InChI is InChI=1S/C16H17Cl2N3O3S/c1-20-10-12(25(23,24)21-6-2-3-7-21)9-15(20)16(22)19-14-8-11(17)4-5-13(14)18/h4-5,8-10H,2-3,6-7H2,1H3,(H,19,22). The van der Waals surface area contributed by atoms with E-state index in [1.807, 2.05) is 0 Å². The zero-order valence-corrected chi connectivity index (χ0v) is 15.8. The summed E-state index contributed by atoms with van der Waals surface area (Å²) in [6, 6.07) is 6.10. The van der Waals surface area contributed by atoms with Crippen LogP contribution in [0.25, 0.3) is 0 Å². The monoisotopic (exact) mass is 401 g/mol. The Morgan fingerprint density at radius 3 is 2.52 bits per heavy atom. The van der Waals surface area contributed by atoms with Crippen LogP contribution in [0.1, 0.15) is 23.3 Å². The van der Waals surface area contributed by atoms with Gasteiger partial charge in [0.2, 0.25) is 10.0 Å². The van der Waals surface area contributed by atoms with Gasteiger partial charge in [-0.2, -0.15) is 4.31 Å². The van der Waals surface area contributed by atoms with Gasteiger partial charge >= 0.3 is 0 Å². The molecule has 1 N–H and O–H groups in total. The molecule has 6 nitrogen and oxygen atoms in total. The van der Waals surface area contributed by atoms with Gasteiger partial charge in [0, 0.05) is 31.4 Å². The van der Waals surface area contributed by atoms with Gasteiger partial charge in [0.15, 0.2) is 0 Å². The highest BCUT2D eigenvalue weighted by atomic mass is 35.5. The van der Waals surface area contributed by atoms with E-state index in [9.17, 15) is 13.2 Å². The highest BCUT2D eigenvalue weighted by Gasteiger charge is 2.29. The van der Waals surface area contributed by atoms with Crippen molar-refractivity contribution in [2.75, 3.05) is 18.4 Å². The van der Waals surface area contributed by atoms with Crippen molar-refractivity contribution < 1.29 is 13.2 Å². The number of hydrogen-bond acceptors (Lipinski definition) is 3. The largest absolute Gasteiger partial charge is 0.345 e. The summed E-state index contributed by atoms with van der Waals surface area (Å²) in [6.07, 6.45) is 3.15. The van der Waals surface area contributed by atoms with Crippen molar-refractivity contribution in [2.24, 2.45) is 7.05 Å². The number of benzene rings is 1. The molecular formula is C16H17Cl2N3O3S.